The van der Waals surface area contributed by atoms with Crippen molar-refractivity contribution in [3.05, 3.63) is 31.6 Å². The highest BCUT2D eigenvalue weighted by Gasteiger charge is 2.13. The zero-order chi connectivity index (χ0) is 12.4. The Balaban J connectivity index is 2.79. The van der Waals surface area contributed by atoms with Gasteiger partial charge in [0.15, 0.2) is 10.5 Å². The predicted molar refractivity (Wildman–Crippen MR) is 78.8 cm³/mol. The molecule has 2 rings (SSSR count). The van der Waals surface area contributed by atoms with Crippen LogP contribution in [0.25, 0.3) is 11.1 Å². The molecule has 0 bridgehead atoms. The summed E-state index contributed by atoms with van der Waals surface area (Å²) in [6, 6.07) is 1.83. The van der Waals surface area contributed by atoms with E-state index in [2.05, 4.69) is 34.5 Å². The quantitative estimate of drug-likeness (QED) is 0.620. The summed E-state index contributed by atoms with van der Waals surface area (Å²) in [5, 5.41) is 1.27. The van der Waals surface area contributed by atoms with Crippen molar-refractivity contribution in [2.45, 2.75) is 24.9 Å². The summed E-state index contributed by atoms with van der Waals surface area (Å²) in [6.45, 7) is 2.06. The van der Waals surface area contributed by atoms with Crippen LogP contribution >= 0.6 is 34.4 Å². The Morgan fingerprint density at radius 2 is 2.29 bits per heavy atom. The predicted octanol–water partition coefficient (Wildman–Crippen LogP) is 3.47. The van der Waals surface area contributed by atoms with Gasteiger partial charge in [-0.1, -0.05) is 25.1 Å². The first-order valence-corrected chi connectivity index (χ1v) is 7.63. The lowest BCUT2D eigenvalue weighted by Gasteiger charge is -2.06. The number of pyridine rings is 1. The first-order chi connectivity index (χ1) is 8.17. The fraction of sp³-hybridized carbons (Fsp3) is 0.333. The van der Waals surface area contributed by atoms with E-state index < -0.39 is 0 Å². The molecule has 0 spiro atoms. The molecule has 0 aliphatic heterocycles. The molecule has 5 heteroatoms. The highest BCUT2D eigenvalue weighted by molar-refractivity contribution is 14.1. The van der Waals surface area contributed by atoms with Crippen LogP contribution in [0, 0.1) is 3.57 Å². The molecule has 0 unspecified atom stereocenters. The molecule has 2 aromatic heterocycles. The minimum atomic E-state index is 0.0588. The van der Waals surface area contributed by atoms with E-state index >= 15 is 0 Å². The Kier molecular flexibility index (Phi) is 4.09. The van der Waals surface area contributed by atoms with Gasteiger partial charge in [0, 0.05) is 15.3 Å². The van der Waals surface area contributed by atoms with Crippen molar-refractivity contribution in [3.8, 4) is 0 Å². The Morgan fingerprint density at radius 3 is 2.94 bits per heavy atom. The summed E-state index contributed by atoms with van der Waals surface area (Å²) in [4.78, 5) is 16.5. The third-order valence-corrected chi connectivity index (χ3v) is 3.75. The largest absolute Gasteiger partial charge is 0.431 e. The molecule has 0 radical (unpaired) electrons. The molecule has 0 atom stereocenters. The molecule has 0 amide bonds. The molecule has 0 fully saturated rings. The fourth-order valence-electron chi connectivity index (χ4n) is 1.71. The maximum absolute atomic E-state index is 12.3. The summed E-state index contributed by atoms with van der Waals surface area (Å²) in [5.74, 6) is 0. The summed E-state index contributed by atoms with van der Waals surface area (Å²) in [7, 11) is 0. The van der Waals surface area contributed by atoms with Gasteiger partial charge < -0.3 is 4.42 Å². The maximum Gasteiger partial charge on any atom is 0.231 e. The highest BCUT2D eigenvalue weighted by atomic mass is 127. The Bertz CT molecular complexity index is 609. The van der Waals surface area contributed by atoms with E-state index in [9.17, 15) is 4.79 Å². The number of fused-ring (bicyclic) bond motifs is 1. The number of aromatic nitrogens is 1. The molecule has 0 saturated carbocycles. The van der Waals surface area contributed by atoms with Crippen molar-refractivity contribution in [3.63, 3.8) is 0 Å². The van der Waals surface area contributed by atoms with Crippen LogP contribution in [0.15, 0.2) is 26.6 Å². The summed E-state index contributed by atoms with van der Waals surface area (Å²) in [5.41, 5.74) is 1.26. The van der Waals surface area contributed by atoms with Gasteiger partial charge in [0.2, 0.25) is 5.71 Å². The molecule has 0 aromatic carbocycles. The number of thioether (sulfide) groups is 1. The normalized spacial score (nSPS) is 11.0. The SMILES string of the molecule is CCCc1c(SC)oc2ncc(I)cc2c1=O. The van der Waals surface area contributed by atoms with E-state index in [0.29, 0.717) is 16.2 Å². The van der Waals surface area contributed by atoms with E-state index in [0.717, 1.165) is 22.0 Å². The van der Waals surface area contributed by atoms with Gasteiger partial charge in [-0.05, 0) is 41.3 Å². The van der Waals surface area contributed by atoms with Crippen LogP contribution in [0.4, 0.5) is 0 Å². The monoisotopic (exact) mass is 361 g/mol. The zero-order valence-electron chi connectivity index (χ0n) is 9.62. The number of hydrogen-bond donors (Lipinski definition) is 0. The molecule has 0 saturated heterocycles. The van der Waals surface area contributed by atoms with Gasteiger partial charge in [-0.25, -0.2) is 4.98 Å². The smallest absolute Gasteiger partial charge is 0.231 e. The molecule has 0 aliphatic carbocycles. The summed E-state index contributed by atoms with van der Waals surface area (Å²) >= 11 is 3.61. The van der Waals surface area contributed by atoms with Gasteiger partial charge >= 0.3 is 0 Å². The van der Waals surface area contributed by atoms with Crippen molar-refractivity contribution in [2.75, 3.05) is 6.26 Å². The van der Waals surface area contributed by atoms with E-state index in [4.69, 9.17) is 4.42 Å². The Hall–Kier alpha value is -0.560. The van der Waals surface area contributed by atoms with Crippen molar-refractivity contribution in [1.29, 1.82) is 0 Å². The molecule has 90 valence electrons. The Labute approximate surface area is 117 Å². The van der Waals surface area contributed by atoms with Crippen LogP contribution in [-0.2, 0) is 6.42 Å². The van der Waals surface area contributed by atoms with E-state index in [-0.39, 0.29) is 5.43 Å². The van der Waals surface area contributed by atoms with Gasteiger partial charge in [0.25, 0.3) is 0 Å². The third-order valence-electron chi connectivity index (χ3n) is 2.46. The summed E-state index contributed by atoms with van der Waals surface area (Å²) < 4.78 is 6.63. The van der Waals surface area contributed by atoms with Crippen LogP contribution in [0.3, 0.4) is 0 Å². The van der Waals surface area contributed by atoms with Crippen LogP contribution in [0.1, 0.15) is 18.9 Å². The molecule has 3 nitrogen and oxygen atoms in total. The number of halogens is 1. The van der Waals surface area contributed by atoms with E-state index in [1.807, 2.05) is 12.3 Å². The van der Waals surface area contributed by atoms with Gasteiger partial charge in [-0.15, -0.1) is 0 Å². The number of nitrogens with zero attached hydrogens (tertiary/aromatic N) is 1. The van der Waals surface area contributed by atoms with Crippen LogP contribution in [-0.4, -0.2) is 11.2 Å². The average molecular weight is 361 g/mol. The molecule has 0 N–H and O–H groups in total. The lowest BCUT2D eigenvalue weighted by molar-refractivity contribution is 0.477. The first-order valence-electron chi connectivity index (χ1n) is 5.32. The van der Waals surface area contributed by atoms with Gasteiger partial charge in [0.05, 0.1) is 5.39 Å². The van der Waals surface area contributed by atoms with Crippen molar-refractivity contribution < 1.29 is 4.42 Å². The van der Waals surface area contributed by atoms with Gasteiger partial charge in [-0.2, -0.15) is 0 Å². The summed E-state index contributed by atoms with van der Waals surface area (Å²) in [6.07, 6.45) is 5.30. The van der Waals surface area contributed by atoms with Crippen LogP contribution in [0.5, 0.6) is 0 Å². The third kappa shape index (κ3) is 2.49. The van der Waals surface area contributed by atoms with Gasteiger partial charge in [-0.3, -0.25) is 4.79 Å². The molecular weight excluding hydrogens is 349 g/mol. The standard InChI is InChI=1S/C12H12INO2S/c1-3-4-8-10(15)9-5-7(13)6-14-11(9)16-12(8)17-2/h5-6H,3-4H2,1-2H3. The van der Waals surface area contributed by atoms with Crippen LogP contribution in [0.2, 0.25) is 0 Å². The zero-order valence-corrected chi connectivity index (χ0v) is 12.6. The maximum atomic E-state index is 12.3. The minimum Gasteiger partial charge on any atom is -0.431 e. The topological polar surface area (TPSA) is 43.1 Å². The molecular formula is C12H12INO2S. The minimum absolute atomic E-state index is 0.0588. The van der Waals surface area contributed by atoms with Crippen molar-refractivity contribution in [2.24, 2.45) is 0 Å². The lowest BCUT2D eigenvalue weighted by atomic mass is 10.1. The average Bonchev–Trinajstić information content (AvgIpc) is 2.33. The fourth-order valence-corrected chi connectivity index (χ4v) is 2.76. The van der Waals surface area contributed by atoms with E-state index in [1.165, 1.54) is 11.8 Å². The second-order valence-corrected chi connectivity index (χ2v) is 5.68. The molecule has 0 aliphatic rings. The van der Waals surface area contributed by atoms with Crippen molar-refractivity contribution in [1.82, 2.24) is 4.98 Å². The van der Waals surface area contributed by atoms with Gasteiger partial charge in [0.1, 0.15) is 0 Å². The Morgan fingerprint density at radius 1 is 1.53 bits per heavy atom. The van der Waals surface area contributed by atoms with Crippen molar-refractivity contribution >= 4 is 45.5 Å². The highest BCUT2D eigenvalue weighted by Crippen LogP contribution is 2.23. The first kappa shape index (κ1) is 12.9. The molecule has 2 heterocycles. The number of hydrogen-bond acceptors (Lipinski definition) is 4. The van der Waals surface area contributed by atoms with Crippen LogP contribution < -0.4 is 5.43 Å². The number of rotatable bonds is 3. The molecule has 2 aromatic rings. The second kappa shape index (κ2) is 5.39. The molecule has 17 heavy (non-hydrogen) atoms. The van der Waals surface area contributed by atoms with E-state index in [1.54, 1.807) is 6.20 Å². The second-order valence-electron chi connectivity index (χ2n) is 3.66. The lowest BCUT2D eigenvalue weighted by Crippen LogP contribution is -2.11.